The molecule has 0 aromatic rings. The standard InChI is InChI=1S/C43H80NO8P/c1-3-5-7-9-11-13-15-17-19-20-22-24-26-28-30-32-34-36-43(46)52-41(40-51-53(47,48)50-38-37-44)39-49-42(45)35-33-31-29-27-25-23-21-18-16-14-12-10-8-6-4-2/h17,19,22,24,28,30,41H,3-16,18,20-21,23,25-27,29,31-40,44H2,1-2H3,(H,47,48)/b19-17+,24-22+,30-28+/t41-/m1/s1. The summed E-state index contributed by atoms with van der Waals surface area (Å²) in [6.45, 7) is 3.68. The normalized spacial score (nSPS) is 13.7. The van der Waals surface area contributed by atoms with Crippen molar-refractivity contribution in [1.29, 1.82) is 0 Å². The van der Waals surface area contributed by atoms with Crippen LogP contribution in [0.25, 0.3) is 0 Å². The van der Waals surface area contributed by atoms with Crippen LogP contribution in [0.3, 0.4) is 0 Å². The van der Waals surface area contributed by atoms with Crippen LogP contribution in [-0.4, -0.2) is 49.3 Å². The number of hydrogen-bond acceptors (Lipinski definition) is 8. The van der Waals surface area contributed by atoms with Crippen molar-refractivity contribution in [3.63, 3.8) is 0 Å². The molecule has 53 heavy (non-hydrogen) atoms. The number of ether oxygens (including phenoxy) is 2. The molecule has 0 aliphatic heterocycles. The molecule has 0 bridgehead atoms. The Hall–Kier alpha value is -1.77. The maximum atomic E-state index is 12.5. The molecular weight excluding hydrogens is 689 g/mol. The molecule has 0 aliphatic carbocycles. The Balaban J connectivity index is 4.24. The number of carbonyl (C=O) groups excluding carboxylic acids is 2. The average Bonchev–Trinajstić information content (AvgIpc) is 3.14. The van der Waals surface area contributed by atoms with E-state index in [4.69, 9.17) is 24.3 Å². The van der Waals surface area contributed by atoms with E-state index in [2.05, 4.69) is 44.2 Å². The van der Waals surface area contributed by atoms with Gasteiger partial charge in [0.15, 0.2) is 6.10 Å². The lowest BCUT2D eigenvalue weighted by Crippen LogP contribution is -2.29. The fraction of sp³-hybridized carbons (Fsp3) is 0.814. The zero-order valence-electron chi connectivity index (χ0n) is 34.0. The molecule has 0 amide bonds. The second-order valence-corrected chi connectivity index (χ2v) is 15.7. The van der Waals surface area contributed by atoms with Crippen molar-refractivity contribution in [1.82, 2.24) is 0 Å². The van der Waals surface area contributed by atoms with Crippen LogP contribution in [0.5, 0.6) is 0 Å². The van der Waals surface area contributed by atoms with E-state index in [0.29, 0.717) is 6.42 Å². The number of carbonyl (C=O) groups is 2. The summed E-state index contributed by atoms with van der Waals surface area (Å²) in [6, 6.07) is 0. The zero-order chi connectivity index (χ0) is 38.9. The summed E-state index contributed by atoms with van der Waals surface area (Å²) in [5, 5.41) is 0. The topological polar surface area (TPSA) is 134 Å². The largest absolute Gasteiger partial charge is 0.472 e. The lowest BCUT2D eigenvalue weighted by molar-refractivity contribution is -0.161. The third-order valence-corrected chi connectivity index (χ3v) is 10.0. The van der Waals surface area contributed by atoms with E-state index in [1.54, 1.807) is 0 Å². The van der Waals surface area contributed by atoms with E-state index in [-0.39, 0.29) is 32.6 Å². The summed E-state index contributed by atoms with van der Waals surface area (Å²) in [5.74, 6) is -0.885. The lowest BCUT2D eigenvalue weighted by Gasteiger charge is -2.19. The van der Waals surface area contributed by atoms with Crippen molar-refractivity contribution in [3.8, 4) is 0 Å². The Morgan fingerprint density at radius 2 is 1.00 bits per heavy atom. The van der Waals surface area contributed by atoms with Gasteiger partial charge in [-0.15, -0.1) is 0 Å². The summed E-state index contributed by atoms with van der Waals surface area (Å²) in [7, 11) is -4.39. The molecule has 2 atom stereocenters. The molecular formula is C43H80NO8P. The molecule has 0 saturated heterocycles. The van der Waals surface area contributed by atoms with Gasteiger partial charge < -0.3 is 20.1 Å². The Morgan fingerprint density at radius 1 is 0.566 bits per heavy atom. The van der Waals surface area contributed by atoms with Crippen LogP contribution in [0.4, 0.5) is 0 Å². The smallest absolute Gasteiger partial charge is 0.462 e. The van der Waals surface area contributed by atoms with Crippen LogP contribution in [0.1, 0.15) is 194 Å². The van der Waals surface area contributed by atoms with Crippen LogP contribution in [0.2, 0.25) is 0 Å². The number of esters is 2. The first kappa shape index (κ1) is 51.2. The molecule has 0 rings (SSSR count). The Morgan fingerprint density at radius 3 is 1.51 bits per heavy atom. The number of nitrogens with two attached hydrogens (primary N) is 1. The highest BCUT2D eigenvalue weighted by molar-refractivity contribution is 7.47. The number of hydrogen-bond donors (Lipinski definition) is 2. The first-order valence-corrected chi connectivity index (χ1v) is 23.0. The second kappa shape index (κ2) is 39.9. The van der Waals surface area contributed by atoms with Gasteiger partial charge in [0, 0.05) is 19.4 Å². The van der Waals surface area contributed by atoms with Crippen molar-refractivity contribution in [3.05, 3.63) is 36.5 Å². The number of phosphoric ester groups is 1. The van der Waals surface area contributed by atoms with Crippen molar-refractivity contribution in [2.24, 2.45) is 5.73 Å². The summed E-state index contributed by atoms with van der Waals surface area (Å²) in [6.07, 6.45) is 43.2. The van der Waals surface area contributed by atoms with Crippen LogP contribution in [-0.2, 0) is 32.7 Å². The van der Waals surface area contributed by atoms with Gasteiger partial charge in [-0.05, 0) is 44.9 Å². The van der Waals surface area contributed by atoms with Gasteiger partial charge in [0.25, 0.3) is 0 Å². The molecule has 0 aliphatic rings. The molecule has 0 aromatic heterocycles. The first-order chi connectivity index (χ1) is 25.8. The summed E-state index contributed by atoms with van der Waals surface area (Å²) in [4.78, 5) is 34.8. The molecule has 0 spiro atoms. The minimum atomic E-state index is -4.39. The minimum absolute atomic E-state index is 0.0463. The molecule has 3 N–H and O–H groups in total. The van der Waals surface area contributed by atoms with Crippen LogP contribution in [0, 0.1) is 0 Å². The van der Waals surface area contributed by atoms with E-state index in [1.165, 1.54) is 116 Å². The highest BCUT2D eigenvalue weighted by Crippen LogP contribution is 2.43. The highest BCUT2D eigenvalue weighted by Gasteiger charge is 2.25. The van der Waals surface area contributed by atoms with Crippen molar-refractivity contribution in [2.75, 3.05) is 26.4 Å². The number of rotatable bonds is 40. The maximum absolute atomic E-state index is 12.5. The van der Waals surface area contributed by atoms with E-state index in [9.17, 15) is 19.0 Å². The highest BCUT2D eigenvalue weighted by atomic mass is 31.2. The van der Waals surface area contributed by atoms with Gasteiger partial charge in [-0.1, -0.05) is 172 Å². The Labute approximate surface area is 324 Å². The molecule has 0 fully saturated rings. The second-order valence-electron chi connectivity index (χ2n) is 14.2. The van der Waals surface area contributed by atoms with E-state index >= 15 is 0 Å². The van der Waals surface area contributed by atoms with Gasteiger partial charge in [0.1, 0.15) is 6.61 Å². The summed E-state index contributed by atoms with van der Waals surface area (Å²) >= 11 is 0. The predicted molar refractivity (Wildman–Crippen MR) is 220 cm³/mol. The number of unbranched alkanes of at least 4 members (excludes halogenated alkanes) is 21. The van der Waals surface area contributed by atoms with Crippen LogP contribution < -0.4 is 5.73 Å². The average molecular weight is 770 g/mol. The van der Waals surface area contributed by atoms with Gasteiger partial charge in [-0.25, -0.2) is 4.57 Å². The Kier molecular flexibility index (Phi) is 38.6. The summed E-state index contributed by atoms with van der Waals surface area (Å²) < 4.78 is 32.7. The predicted octanol–water partition coefficient (Wildman–Crippen LogP) is 12.2. The molecule has 10 heteroatoms. The number of phosphoric acid groups is 1. The van der Waals surface area contributed by atoms with Crippen LogP contribution >= 0.6 is 7.82 Å². The van der Waals surface area contributed by atoms with Gasteiger partial charge >= 0.3 is 19.8 Å². The molecule has 9 nitrogen and oxygen atoms in total. The van der Waals surface area contributed by atoms with Crippen molar-refractivity contribution in [2.45, 2.75) is 200 Å². The minimum Gasteiger partial charge on any atom is -0.462 e. The van der Waals surface area contributed by atoms with Gasteiger partial charge in [-0.2, -0.15) is 0 Å². The van der Waals surface area contributed by atoms with E-state index in [1.807, 2.05) is 6.08 Å². The SMILES string of the molecule is CCCCCCCC/C=C/C/C=C/C/C=C/CCCC(=O)O[C@H](COC(=O)CCCCCCCCCCCCCCCCC)COP(=O)(O)OCCN. The van der Waals surface area contributed by atoms with E-state index < -0.39 is 32.5 Å². The molecule has 0 aromatic carbocycles. The summed E-state index contributed by atoms with van der Waals surface area (Å²) in [5.41, 5.74) is 5.34. The van der Waals surface area contributed by atoms with Gasteiger partial charge in [-0.3, -0.25) is 18.6 Å². The molecule has 0 radical (unpaired) electrons. The van der Waals surface area contributed by atoms with Gasteiger partial charge in [0.05, 0.1) is 13.2 Å². The van der Waals surface area contributed by atoms with Crippen molar-refractivity contribution < 1.29 is 37.6 Å². The number of allylic oxidation sites excluding steroid dienone is 6. The van der Waals surface area contributed by atoms with Gasteiger partial charge in [0.2, 0.25) is 0 Å². The fourth-order valence-corrected chi connectivity index (χ4v) is 6.59. The van der Waals surface area contributed by atoms with Crippen molar-refractivity contribution >= 4 is 19.8 Å². The lowest BCUT2D eigenvalue weighted by atomic mass is 10.0. The third kappa shape index (κ3) is 39.7. The Bertz CT molecular complexity index is 970. The third-order valence-electron chi connectivity index (χ3n) is 9.03. The molecule has 0 saturated carbocycles. The molecule has 310 valence electrons. The quantitative estimate of drug-likeness (QED) is 0.0270. The molecule has 1 unspecified atom stereocenters. The van der Waals surface area contributed by atoms with Crippen LogP contribution in [0.15, 0.2) is 36.5 Å². The zero-order valence-corrected chi connectivity index (χ0v) is 34.9. The fourth-order valence-electron chi connectivity index (χ4n) is 5.83. The van der Waals surface area contributed by atoms with E-state index in [0.717, 1.165) is 44.9 Å². The molecule has 0 heterocycles. The first-order valence-electron chi connectivity index (χ1n) is 21.5. The maximum Gasteiger partial charge on any atom is 0.472 e. The monoisotopic (exact) mass is 770 g/mol.